The van der Waals surface area contributed by atoms with E-state index in [4.69, 9.17) is 14.5 Å². The summed E-state index contributed by atoms with van der Waals surface area (Å²) in [6.07, 6.45) is 9.56. The first-order valence-corrected chi connectivity index (χ1v) is 14.0. The molecule has 4 fully saturated rings. The predicted molar refractivity (Wildman–Crippen MR) is 151 cm³/mol. The van der Waals surface area contributed by atoms with Crippen molar-refractivity contribution in [3.8, 4) is 22.9 Å². The van der Waals surface area contributed by atoms with Crippen LogP contribution in [0, 0.1) is 11.3 Å². The molecule has 4 aliphatic heterocycles. The number of hydrogen-bond acceptors (Lipinski definition) is 9. The van der Waals surface area contributed by atoms with E-state index in [2.05, 4.69) is 26.0 Å². The molecule has 0 spiro atoms. The maximum atomic E-state index is 13.0. The zero-order valence-electron chi connectivity index (χ0n) is 22.6. The van der Waals surface area contributed by atoms with E-state index < -0.39 is 0 Å². The molecule has 4 aromatic rings. The fourth-order valence-electron chi connectivity index (χ4n) is 6.09. The van der Waals surface area contributed by atoms with Gasteiger partial charge >= 0.3 is 0 Å². The summed E-state index contributed by atoms with van der Waals surface area (Å²) >= 11 is 0. The van der Waals surface area contributed by atoms with Crippen molar-refractivity contribution >= 4 is 17.2 Å². The van der Waals surface area contributed by atoms with Crippen molar-refractivity contribution in [1.82, 2.24) is 29.4 Å². The lowest BCUT2D eigenvalue weighted by Gasteiger charge is -2.56. The van der Waals surface area contributed by atoms with Crippen LogP contribution < -0.4 is 9.64 Å². The second-order valence-corrected chi connectivity index (χ2v) is 10.7. The van der Waals surface area contributed by atoms with E-state index in [1.54, 1.807) is 29.2 Å². The van der Waals surface area contributed by atoms with Gasteiger partial charge in [-0.15, -0.1) is 0 Å². The first-order valence-electron chi connectivity index (χ1n) is 14.0. The summed E-state index contributed by atoms with van der Waals surface area (Å²) in [6.45, 7) is 6.18. The molecule has 41 heavy (non-hydrogen) atoms. The molecule has 8 heterocycles. The van der Waals surface area contributed by atoms with Gasteiger partial charge in [-0.05, 0) is 36.8 Å². The summed E-state index contributed by atoms with van der Waals surface area (Å²) in [5.74, 6) is 1.61. The van der Waals surface area contributed by atoms with Crippen molar-refractivity contribution < 1.29 is 14.3 Å². The molecule has 2 atom stereocenters. The summed E-state index contributed by atoms with van der Waals surface area (Å²) in [5.41, 5.74) is 3.58. The van der Waals surface area contributed by atoms with Gasteiger partial charge in [0.1, 0.15) is 24.2 Å². The van der Waals surface area contributed by atoms with Crippen molar-refractivity contribution in [2.75, 3.05) is 57.4 Å². The lowest BCUT2D eigenvalue weighted by atomic mass is 9.86. The molecule has 0 saturated carbocycles. The van der Waals surface area contributed by atoms with Gasteiger partial charge in [-0.1, -0.05) is 0 Å². The summed E-state index contributed by atoms with van der Waals surface area (Å²) in [7, 11) is 0. The third kappa shape index (κ3) is 4.85. The lowest BCUT2D eigenvalue weighted by Crippen LogP contribution is -2.70. The van der Waals surface area contributed by atoms with Crippen LogP contribution in [0.3, 0.4) is 0 Å². The first kappa shape index (κ1) is 25.4. The Hall–Kier alpha value is -4.53. The highest BCUT2D eigenvalue weighted by Crippen LogP contribution is 2.36. The molecule has 11 heteroatoms. The average Bonchev–Trinajstić information content (AvgIpc) is 3.45. The fourth-order valence-corrected chi connectivity index (χ4v) is 6.09. The number of carbonyl (C=O) groups is 1. The van der Waals surface area contributed by atoms with Crippen molar-refractivity contribution in [3.05, 3.63) is 72.4 Å². The van der Waals surface area contributed by atoms with Crippen LogP contribution in [0.1, 0.15) is 22.3 Å². The highest BCUT2D eigenvalue weighted by Gasteiger charge is 2.47. The molecule has 0 aromatic carbocycles. The van der Waals surface area contributed by atoms with Gasteiger partial charge in [-0.25, -0.2) is 9.50 Å². The minimum Gasteiger partial charge on any atom is -0.491 e. The molecule has 0 N–H and O–H groups in total. The Morgan fingerprint density at radius 3 is 2.71 bits per heavy atom. The van der Waals surface area contributed by atoms with Crippen molar-refractivity contribution in [2.24, 2.45) is 0 Å². The van der Waals surface area contributed by atoms with Crippen molar-refractivity contribution in [1.29, 1.82) is 5.26 Å². The number of piperazine rings is 1. The molecule has 2 unspecified atom stereocenters. The number of aromatic nitrogens is 4. The van der Waals surface area contributed by atoms with Gasteiger partial charge in [0.25, 0.3) is 5.91 Å². The maximum Gasteiger partial charge on any atom is 0.256 e. The minimum atomic E-state index is 0.0486. The smallest absolute Gasteiger partial charge is 0.256 e. The number of amides is 1. The number of fused-ring (bicyclic) bond motifs is 3. The molecule has 4 saturated heterocycles. The predicted octanol–water partition coefficient (Wildman–Crippen LogP) is 2.48. The van der Waals surface area contributed by atoms with Gasteiger partial charge in [-0.3, -0.25) is 14.7 Å². The van der Waals surface area contributed by atoms with Crippen molar-refractivity contribution in [3.63, 3.8) is 0 Å². The monoisotopic (exact) mass is 550 g/mol. The zero-order chi connectivity index (χ0) is 27.8. The van der Waals surface area contributed by atoms with Gasteiger partial charge in [-0.2, -0.15) is 10.4 Å². The minimum absolute atomic E-state index is 0.0486. The number of rotatable bonds is 7. The number of morpholine rings is 1. The van der Waals surface area contributed by atoms with Crippen LogP contribution >= 0.6 is 0 Å². The van der Waals surface area contributed by atoms with E-state index in [0.717, 1.165) is 74.8 Å². The van der Waals surface area contributed by atoms with E-state index in [1.165, 1.54) is 0 Å². The fraction of sp³-hybridized carbons (Fsp3) is 0.367. The van der Waals surface area contributed by atoms with Gasteiger partial charge in [0, 0.05) is 62.4 Å². The number of piperidine rings is 1. The van der Waals surface area contributed by atoms with Gasteiger partial charge < -0.3 is 19.3 Å². The second kappa shape index (κ2) is 10.8. The highest BCUT2D eigenvalue weighted by atomic mass is 16.5. The van der Waals surface area contributed by atoms with Crippen LogP contribution in [-0.2, 0) is 4.74 Å². The quantitative estimate of drug-likeness (QED) is 0.343. The van der Waals surface area contributed by atoms with Gasteiger partial charge in [0.05, 0.1) is 54.3 Å². The first-order chi connectivity index (χ1) is 20.2. The molecule has 8 rings (SSSR count). The molecule has 208 valence electrons. The number of carbonyl (C=O) groups excluding carboxylic acids is 1. The molecular weight excluding hydrogens is 520 g/mol. The third-order valence-corrected chi connectivity index (χ3v) is 8.21. The summed E-state index contributed by atoms with van der Waals surface area (Å²) in [5, 5.41) is 14.1. The number of nitriles is 1. The van der Waals surface area contributed by atoms with Crippen LogP contribution in [-0.4, -0.2) is 99.9 Å². The summed E-state index contributed by atoms with van der Waals surface area (Å²) in [4.78, 5) is 28.5. The Morgan fingerprint density at radius 2 is 1.98 bits per heavy atom. The molecule has 0 radical (unpaired) electrons. The number of ether oxygens (including phenoxy) is 2. The lowest BCUT2D eigenvalue weighted by molar-refractivity contribution is 0.00573. The number of anilines is 1. The topological polar surface area (TPSA) is 112 Å². The molecule has 11 nitrogen and oxygen atoms in total. The Labute approximate surface area is 237 Å². The van der Waals surface area contributed by atoms with E-state index in [-0.39, 0.29) is 18.0 Å². The Bertz CT molecular complexity index is 1580. The Balaban J connectivity index is 1.08. The standard InChI is InChI=1S/C30H30N8O3/c31-14-23-17-34-37-20-26(41-11-8-35-6-9-40-10-7-35)13-27(29(23)37)21-3-4-28(33-16-21)36-18-24-12-25(19-36)38(24)30(39)22-2-1-5-32-15-22/h1-5,13,15-17,20,24-25H,6-12,18-19H2. The number of nitrogens with zero attached hydrogens (tertiary/aromatic N) is 8. The summed E-state index contributed by atoms with van der Waals surface area (Å²) < 4.78 is 13.3. The van der Waals surface area contributed by atoms with Gasteiger partial charge in [0.15, 0.2) is 0 Å². The van der Waals surface area contributed by atoms with E-state index in [9.17, 15) is 10.1 Å². The largest absolute Gasteiger partial charge is 0.491 e. The Morgan fingerprint density at radius 1 is 1.12 bits per heavy atom. The zero-order valence-corrected chi connectivity index (χ0v) is 22.6. The van der Waals surface area contributed by atoms with Crippen LogP contribution in [0.4, 0.5) is 5.82 Å². The van der Waals surface area contributed by atoms with Crippen LogP contribution in [0.15, 0.2) is 61.3 Å². The van der Waals surface area contributed by atoms with Crippen molar-refractivity contribution in [2.45, 2.75) is 18.5 Å². The SMILES string of the molecule is N#Cc1cnn2cc(OCCN3CCOCC3)cc(-c3ccc(N4CC5CC(C4)N5C(=O)c4cccnc4)nc3)c12. The second-order valence-electron chi connectivity index (χ2n) is 10.7. The van der Waals surface area contributed by atoms with Crippen LogP contribution in [0.5, 0.6) is 5.75 Å². The molecule has 0 aliphatic carbocycles. The average molecular weight is 551 g/mol. The van der Waals surface area contributed by atoms with Crippen LogP contribution in [0.25, 0.3) is 16.6 Å². The molecule has 2 bridgehead atoms. The molecular formula is C30H30N8O3. The normalized spacial score (nSPS) is 20.5. The van der Waals surface area contributed by atoms with E-state index in [0.29, 0.717) is 23.5 Å². The molecule has 4 aliphatic rings. The van der Waals surface area contributed by atoms with E-state index >= 15 is 0 Å². The number of hydrogen-bond donors (Lipinski definition) is 0. The summed E-state index contributed by atoms with van der Waals surface area (Å²) in [6, 6.07) is 12.2. The third-order valence-electron chi connectivity index (χ3n) is 8.21. The van der Waals surface area contributed by atoms with E-state index in [1.807, 2.05) is 41.6 Å². The molecule has 4 aromatic heterocycles. The highest BCUT2D eigenvalue weighted by molar-refractivity contribution is 5.95. The number of pyridine rings is 3. The Kier molecular flexibility index (Phi) is 6.70. The van der Waals surface area contributed by atoms with Crippen LogP contribution in [0.2, 0.25) is 0 Å². The van der Waals surface area contributed by atoms with Gasteiger partial charge in [0.2, 0.25) is 0 Å². The maximum absolute atomic E-state index is 13.0. The molecule has 1 amide bonds.